The first-order valence-electron chi connectivity index (χ1n) is 10.1. The van der Waals surface area contributed by atoms with Gasteiger partial charge in [0.15, 0.2) is 0 Å². The van der Waals surface area contributed by atoms with Gasteiger partial charge in [-0.05, 0) is 18.6 Å². The largest absolute Gasteiger partial charge is 0.353 e. The lowest BCUT2D eigenvalue weighted by molar-refractivity contribution is -0.122. The molecule has 0 spiro atoms. The standard InChI is InChI=1S/C21H25N5O4/c1-23-19(28)8-10-25(21(23)30)14-18(27)22-11-17-13-26(16-7-9-24(17)12-16)20(29)15-5-3-2-4-6-15/h2-6,8,10,16-17H,7,9,11-14H2,1H3,(H,22,27)/t16-,17-/m0/s1. The van der Waals surface area contributed by atoms with Gasteiger partial charge in [0.2, 0.25) is 5.91 Å². The average molecular weight is 411 g/mol. The smallest absolute Gasteiger partial charge is 0.331 e. The number of fused-ring (bicyclic) bond motifs is 2. The molecule has 3 atom stereocenters. The fraction of sp³-hybridized carbons (Fsp3) is 0.429. The van der Waals surface area contributed by atoms with Crippen molar-refractivity contribution >= 4 is 11.8 Å². The molecule has 158 valence electrons. The summed E-state index contributed by atoms with van der Waals surface area (Å²) in [5.41, 5.74) is -0.266. The van der Waals surface area contributed by atoms with Crippen LogP contribution in [0.25, 0.3) is 0 Å². The first-order chi connectivity index (χ1) is 14.4. The molecule has 2 aliphatic heterocycles. The minimum absolute atomic E-state index is 0.0234. The molecule has 2 saturated heterocycles. The van der Waals surface area contributed by atoms with Crippen LogP contribution in [0, 0.1) is 0 Å². The van der Waals surface area contributed by atoms with Crippen LogP contribution in [0.15, 0.2) is 52.2 Å². The zero-order valence-corrected chi connectivity index (χ0v) is 16.9. The third-order valence-electron chi connectivity index (χ3n) is 5.95. The summed E-state index contributed by atoms with van der Waals surface area (Å²) in [4.78, 5) is 53.1. The molecule has 9 heteroatoms. The molecular weight excluding hydrogens is 386 g/mol. The molecule has 2 amide bonds. The van der Waals surface area contributed by atoms with Crippen LogP contribution in [-0.2, 0) is 18.4 Å². The maximum atomic E-state index is 13.0. The molecule has 9 nitrogen and oxygen atoms in total. The Morgan fingerprint density at radius 3 is 2.63 bits per heavy atom. The van der Waals surface area contributed by atoms with Crippen molar-refractivity contribution in [1.82, 2.24) is 24.3 Å². The minimum atomic E-state index is -0.530. The molecule has 1 N–H and O–H groups in total. The molecule has 4 rings (SSSR count). The van der Waals surface area contributed by atoms with Crippen LogP contribution in [0.1, 0.15) is 16.8 Å². The Kier molecular flexibility index (Phi) is 5.54. The summed E-state index contributed by atoms with van der Waals surface area (Å²) in [6.45, 7) is 2.49. The molecule has 1 aromatic heterocycles. The van der Waals surface area contributed by atoms with Crippen LogP contribution in [-0.4, -0.2) is 69.0 Å². The van der Waals surface area contributed by atoms with Gasteiger partial charge in [0.1, 0.15) is 6.54 Å². The van der Waals surface area contributed by atoms with Crippen molar-refractivity contribution in [1.29, 1.82) is 0 Å². The van der Waals surface area contributed by atoms with E-state index in [0.717, 1.165) is 24.1 Å². The number of amides is 2. The monoisotopic (exact) mass is 411 g/mol. The predicted molar refractivity (Wildman–Crippen MR) is 110 cm³/mol. The van der Waals surface area contributed by atoms with Crippen LogP contribution in [0.2, 0.25) is 0 Å². The minimum Gasteiger partial charge on any atom is -0.353 e. The first-order valence-corrected chi connectivity index (χ1v) is 10.1. The summed E-state index contributed by atoms with van der Waals surface area (Å²) in [6, 6.07) is 10.7. The number of hydrogen-bond donors (Lipinski definition) is 1. The highest BCUT2D eigenvalue weighted by molar-refractivity contribution is 5.94. The van der Waals surface area contributed by atoms with Crippen molar-refractivity contribution in [3.63, 3.8) is 0 Å². The maximum absolute atomic E-state index is 13.0. The van der Waals surface area contributed by atoms with Crippen LogP contribution in [0.3, 0.4) is 0 Å². The second kappa shape index (κ2) is 8.27. The summed E-state index contributed by atoms with van der Waals surface area (Å²) in [7, 11) is 1.38. The van der Waals surface area contributed by atoms with E-state index in [2.05, 4.69) is 10.2 Å². The molecule has 0 aliphatic carbocycles. The van der Waals surface area contributed by atoms with Gasteiger partial charge in [-0.1, -0.05) is 18.2 Å². The predicted octanol–water partition coefficient (Wildman–Crippen LogP) is -0.738. The lowest BCUT2D eigenvalue weighted by atomic mass is 10.1. The number of hydrogen-bond acceptors (Lipinski definition) is 5. The van der Waals surface area contributed by atoms with E-state index in [-0.39, 0.29) is 30.4 Å². The van der Waals surface area contributed by atoms with Crippen molar-refractivity contribution in [2.75, 3.05) is 26.2 Å². The van der Waals surface area contributed by atoms with E-state index in [0.29, 0.717) is 18.7 Å². The molecular formula is C21H25N5O4. The van der Waals surface area contributed by atoms with Crippen molar-refractivity contribution in [2.24, 2.45) is 7.05 Å². The quantitative estimate of drug-likeness (QED) is 0.699. The Morgan fingerprint density at radius 2 is 1.87 bits per heavy atom. The normalized spacial score (nSPS) is 22.7. The number of nitrogens with one attached hydrogen (secondary N) is 1. The molecule has 30 heavy (non-hydrogen) atoms. The summed E-state index contributed by atoms with van der Waals surface area (Å²) >= 11 is 0. The molecule has 1 unspecified atom stereocenters. The van der Waals surface area contributed by atoms with Gasteiger partial charge in [0.05, 0.1) is 0 Å². The van der Waals surface area contributed by atoms with E-state index < -0.39 is 11.2 Å². The Balaban J connectivity index is 1.39. The van der Waals surface area contributed by atoms with Crippen LogP contribution >= 0.6 is 0 Å². The van der Waals surface area contributed by atoms with Gasteiger partial charge in [-0.2, -0.15) is 0 Å². The molecule has 2 fully saturated rings. The Bertz CT molecular complexity index is 1060. The first kappa shape index (κ1) is 20.1. The lowest BCUT2D eigenvalue weighted by Crippen LogP contribution is -2.57. The summed E-state index contributed by atoms with van der Waals surface area (Å²) in [5, 5.41) is 2.88. The zero-order valence-electron chi connectivity index (χ0n) is 16.9. The lowest BCUT2D eigenvalue weighted by Gasteiger charge is -2.40. The van der Waals surface area contributed by atoms with E-state index in [1.807, 2.05) is 35.2 Å². The van der Waals surface area contributed by atoms with Gasteiger partial charge >= 0.3 is 5.69 Å². The summed E-state index contributed by atoms with van der Waals surface area (Å²) in [5.74, 6) is -0.284. The second-order valence-corrected chi connectivity index (χ2v) is 7.84. The highest BCUT2D eigenvalue weighted by Crippen LogP contribution is 2.26. The Hall–Kier alpha value is -3.20. The van der Waals surface area contributed by atoms with E-state index in [4.69, 9.17) is 0 Å². The SMILES string of the molecule is Cn1c(=O)ccn(CC(=O)NC[C@H]2CN(C(=O)c3ccccc3)[C@H]3CCN2C3)c1=O. The average Bonchev–Trinajstić information content (AvgIpc) is 3.18. The molecule has 3 heterocycles. The van der Waals surface area contributed by atoms with Crippen LogP contribution < -0.4 is 16.6 Å². The second-order valence-electron chi connectivity index (χ2n) is 7.84. The molecule has 2 aliphatic rings. The molecule has 2 bridgehead atoms. The van der Waals surface area contributed by atoms with Crippen molar-refractivity contribution in [3.05, 3.63) is 69.0 Å². The third-order valence-corrected chi connectivity index (χ3v) is 5.95. The fourth-order valence-corrected chi connectivity index (χ4v) is 4.21. The van der Waals surface area contributed by atoms with Gasteiger partial charge in [-0.3, -0.25) is 28.4 Å². The number of carbonyl (C=O) groups excluding carboxylic acids is 2. The van der Waals surface area contributed by atoms with Crippen LogP contribution in [0.4, 0.5) is 0 Å². The van der Waals surface area contributed by atoms with Gasteiger partial charge in [-0.15, -0.1) is 0 Å². The fourth-order valence-electron chi connectivity index (χ4n) is 4.21. The van der Waals surface area contributed by atoms with Gasteiger partial charge in [0.25, 0.3) is 11.5 Å². The Labute approximate surface area is 173 Å². The molecule has 0 saturated carbocycles. The number of piperazine rings is 1. The van der Waals surface area contributed by atoms with Gasteiger partial charge in [-0.25, -0.2) is 4.79 Å². The van der Waals surface area contributed by atoms with E-state index in [9.17, 15) is 19.2 Å². The summed E-state index contributed by atoms with van der Waals surface area (Å²) in [6.07, 6.45) is 2.26. The number of carbonyl (C=O) groups is 2. The van der Waals surface area contributed by atoms with E-state index in [1.165, 1.54) is 23.9 Å². The topological polar surface area (TPSA) is 96.7 Å². The van der Waals surface area contributed by atoms with Crippen molar-refractivity contribution in [3.8, 4) is 0 Å². The number of nitrogens with zero attached hydrogens (tertiary/aromatic N) is 4. The van der Waals surface area contributed by atoms with Crippen molar-refractivity contribution < 1.29 is 9.59 Å². The van der Waals surface area contributed by atoms with E-state index in [1.54, 1.807) is 0 Å². The molecule has 2 aromatic rings. The van der Waals surface area contributed by atoms with Crippen molar-refractivity contribution in [2.45, 2.75) is 25.0 Å². The zero-order chi connectivity index (χ0) is 21.3. The Morgan fingerprint density at radius 1 is 1.10 bits per heavy atom. The maximum Gasteiger partial charge on any atom is 0.331 e. The number of aromatic nitrogens is 2. The number of benzene rings is 1. The molecule has 1 aromatic carbocycles. The summed E-state index contributed by atoms with van der Waals surface area (Å²) < 4.78 is 2.17. The third kappa shape index (κ3) is 3.93. The van der Waals surface area contributed by atoms with Gasteiger partial charge in [0, 0.05) is 63.1 Å². The highest BCUT2D eigenvalue weighted by atomic mass is 16.2. The molecule has 0 radical (unpaired) electrons. The van der Waals surface area contributed by atoms with Gasteiger partial charge < -0.3 is 10.2 Å². The van der Waals surface area contributed by atoms with Crippen LogP contribution in [0.5, 0.6) is 0 Å². The van der Waals surface area contributed by atoms with E-state index >= 15 is 0 Å². The highest BCUT2D eigenvalue weighted by Gasteiger charge is 2.40. The number of rotatable bonds is 5.